The van der Waals surface area contributed by atoms with Crippen molar-refractivity contribution in [2.24, 2.45) is 0 Å². The molecule has 0 fully saturated rings. The molecule has 0 aromatic carbocycles. The lowest BCUT2D eigenvalue weighted by atomic mass is 8.31. The Labute approximate surface area is 321 Å². The normalized spacial score (nSPS) is 8.84. The molecule has 0 spiro atoms. The second kappa shape index (κ2) is 22.7. The van der Waals surface area contributed by atoms with Crippen LogP contribution in [0.4, 0.5) is 0 Å². The lowest BCUT2D eigenvalue weighted by molar-refractivity contribution is 2.05. The number of terminal acetylenes is 8. The van der Waals surface area contributed by atoms with Crippen LogP contribution in [0.3, 0.4) is 0 Å². The Morgan fingerprint density at radius 1 is 0.200 bits per heavy atom. The van der Waals surface area contributed by atoms with Crippen molar-refractivity contribution in [1.82, 2.24) is 0 Å². The van der Waals surface area contributed by atoms with E-state index >= 15 is 0 Å². The highest BCUT2D eigenvalue weighted by molar-refractivity contribution is 8.25. The maximum Gasteiger partial charge on any atom is 0.266 e. The average molecular weight is 627 g/mol. The van der Waals surface area contributed by atoms with E-state index in [1.54, 1.807) is 0 Å². The molecule has 0 N–H and O–H groups in total. The van der Waals surface area contributed by atoms with Crippen LogP contribution < -0.4 is 0 Å². The minimum absolute atomic E-state index is 0.0376. The maximum atomic E-state index is 6.51. The van der Waals surface area contributed by atoms with Gasteiger partial charge in [-0.25, -0.2) is 0 Å². The summed E-state index contributed by atoms with van der Waals surface area (Å²) >= 11 is 0. The van der Waals surface area contributed by atoms with Gasteiger partial charge in [0.15, 0.2) is 0 Å². The molecule has 230 valence electrons. The molecule has 0 aliphatic carbocycles. The summed E-state index contributed by atoms with van der Waals surface area (Å²) in [5.74, 6) is 24.1. The van der Waals surface area contributed by atoms with Crippen LogP contribution in [-0.4, -0.2) is 130 Å². The molecule has 50 heavy (non-hydrogen) atoms. The third-order valence-corrected chi connectivity index (χ3v) is 11.9. The third-order valence-electron chi connectivity index (χ3n) is 11.9. The largest absolute Gasteiger partial charge is 0.266 e. The molecule has 0 saturated carbocycles. The van der Waals surface area contributed by atoms with Gasteiger partial charge in [0.25, 0.3) is 26.4 Å². The van der Waals surface area contributed by atoms with Gasteiger partial charge >= 0.3 is 0 Å². The maximum absolute atomic E-state index is 6.51. The first kappa shape index (κ1) is 47.8. The van der Waals surface area contributed by atoms with Gasteiger partial charge in [0.1, 0.15) is 6.39 Å². The van der Waals surface area contributed by atoms with Crippen LogP contribution >= 0.6 is 0 Å². The van der Waals surface area contributed by atoms with Gasteiger partial charge in [-0.3, -0.25) is 0 Å². The molecule has 0 saturated heterocycles. The summed E-state index contributed by atoms with van der Waals surface area (Å²) in [7, 11) is 0. The zero-order valence-electron chi connectivity index (χ0n) is 34.2. The molecule has 0 radical (unpaired) electrons. The standard InChI is InChI=1S/C30H50B20/c1-23-38(24-2)45(37(21)22)49(46(39(25-3)26-4)40(27-5)28-6)50(47(41(29-7)30-8)42(31(9)10)32(11)12)48(43(33(13)14)34(15)16)44(35(17)18)36(19)20/h1-8H,9-22H3. The minimum Gasteiger partial charge on any atom is -0.152 e. The molecule has 0 aromatic heterocycles. The lowest BCUT2D eigenvalue weighted by Crippen LogP contribution is -2.90. The predicted octanol–water partition coefficient (Wildman–Crippen LogP) is 1.57. The van der Waals surface area contributed by atoms with Crippen molar-refractivity contribution in [1.29, 1.82) is 0 Å². The predicted molar refractivity (Wildman–Crippen MR) is 268 cm³/mol. The van der Waals surface area contributed by atoms with E-state index in [1.165, 1.54) is 0 Å². The second-order valence-electron chi connectivity index (χ2n) is 17.1. The number of hydrogen-bond donors (Lipinski definition) is 0. The number of hydrogen-bond acceptors (Lipinski definition) is 0. The third kappa shape index (κ3) is 11.4. The van der Waals surface area contributed by atoms with Crippen LogP contribution in [0.2, 0.25) is 95.5 Å². The van der Waals surface area contributed by atoms with Gasteiger partial charge in [0, 0.05) is 38.3 Å². The lowest BCUT2D eigenvalue weighted by Gasteiger charge is -2.50. The van der Waals surface area contributed by atoms with Gasteiger partial charge in [-0.15, -0.1) is 51.4 Å². The summed E-state index contributed by atoms with van der Waals surface area (Å²) in [6, 6.07) is 0. The van der Waals surface area contributed by atoms with Gasteiger partial charge in [-0.1, -0.05) is 95.5 Å². The van der Waals surface area contributed by atoms with Crippen molar-refractivity contribution in [3.05, 3.63) is 0 Å². The molecule has 0 heterocycles. The average Bonchev–Trinajstić information content (AvgIpc) is 3.02. The first-order valence-electron chi connectivity index (χ1n) is 19.0. The summed E-state index contributed by atoms with van der Waals surface area (Å²) in [5.41, 5.74) is 0. The summed E-state index contributed by atoms with van der Waals surface area (Å²) in [6.07, 6.45) is 50.7. The van der Waals surface area contributed by atoms with Gasteiger partial charge in [0.05, 0.1) is 59.0 Å². The highest BCUT2D eigenvalue weighted by atomic mass is 13.6. The molecule has 0 rings (SSSR count). The highest BCUT2D eigenvalue weighted by Crippen LogP contribution is 2.25. The van der Waals surface area contributed by atoms with E-state index in [1.807, 2.05) is 0 Å². The van der Waals surface area contributed by atoms with Crippen molar-refractivity contribution in [2.45, 2.75) is 95.5 Å². The summed E-state index contributed by atoms with van der Waals surface area (Å²) in [5, 5.41) is 0. The monoisotopic (exact) mass is 631 g/mol. The highest BCUT2D eigenvalue weighted by Gasteiger charge is 2.63. The SMILES string of the molecule is C#CB(C#C)B(B(C)C)B(B(B(C#C)C#C)B(C#C)C#C)B(B(B(C#C)C#C)B(B(C)C)B(C)C)B(B(B(C)C)B(C)C)B(B(C)C)B(C)C. The van der Waals surface area contributed by atoms with E-state index in [-0.39, 0.29) is 70.9 Å². The molecule has 0 bridgehead atoms. The van der Waals surface area contributed by atoms with Crippen LogP contribution in [0.15, 0.2) is 0 Å². The first-order valence-corrected chi connectivity index (χ1v) is 19.0. The fourth-order valence-electron chi connectivity index (χ4n) is 10.8. The number of rotatable bonds is 19. The molecule has 0 aliphatic heterocycles. The van der Waals surface area contributed by atoms with E-state index in [9.17, 15) is 0 Å². The van der Waals surface area contributed by atoms with Gasteiger partial charge in [-0.05, 0) is 0 Å². The van der Waals surface area contributed by atoms with Crippen molar-refractivity contribution in [2.75, 3.05) is 0 Å². The summed E-state index contributed by atoms with van der Waals surface area (Å²) in [4.78, 5) is 0. The molecular weight excluding hydrogens is 577 g/mol. The zero-order valence-corrected chi connectivity index (χ0v) is 34.2. The molecule has 0 aliphatic rings. The zero-order chi connectivity index (χ0) is 39.2. The van der Waals surface area contributed by atoms with Gasteiger partial charge in [-0.2, -0.15) is 46.6 Å². The Hall–Kier alpha value is -2.22. The van der Waals surface area contributed by atoms with Crippen LogP contribution in [0.5, 0.6) is 0 Å². The Kier molecular flexibility index (Phi) is 21.7. The van der Waals surface area contributed by atoms with Crippen molar-refractivity contribution in [3.63, 3.8) is 0 Å². The fourth-order valence-corrected chi connectivity index (χ4v) is 10.8. The Morgan fingerprint density at radius 3 is 0.580 bits per heavy atom. The Morgan fingerprint density at radius 2 is 0.360 bits per heavy atom. The minimum atomic E-state index is -0.668. The molecular formula is C30H50B20. The van der Waals surface area contributed by atoms with Crippen LogP contribution in [0.25, 0.3) is 0 Å². The van der Waals surface area contributed by atoms with Crippen molar-refractivity contribution in [3.8, 4) is 97.9 Å². The molecule has 0 amide bonds. The summed E-state index contributed by atoms with van der Waals surface area (Å²) < 4.78 is 0. The van der Waals surface area contributed by atoms with Crippen LogP contribution in [0.1, 0.15) is 0 Å². The van der Waals surface area contributed by atoms with Gasteiger partial charge < -0.3 is 0 Å². The van der Waals surface area contributed by atoms with Crippen LogP contribution in [0, 0.1) is 97.9 Å². The quantitative estimate of drug-likeness (QED) is 0.151. The molecule has 0 unspecified atom stereocenters. The van der Waals surface area contributed by atoms with E-state index in [0.29, 0.717) is 26.4 Å². The van der Waals surface area contributed by atoms with Crippen molar-refractivity contribution >= 4 is 130 Å². The van der Waals surface area contributed by atoms with E-state index in [0.717, 1.165) is 0 Å². The molecule has 20 heteroatoms. The first-order chi connectivity index (χ1) is 23.3. The van der Waals surface area contributed by atoms with Gasteiger partial charge in [0.2, 0.25) is 0 Å². The topological polar surface area (TPSA) is 0 Å². The van der Waals surface area contributed by atoms with Crippen molar-refractivity contribution < 1.29 is 0 Å². The Bertz CT molecular complexity index is 1290. The van der Waals surface area contributed by atoms with Crippen LogP contribution in [-0.2, 0) is 0 Å². The molecule has 0 aromatic rings. The Balaban J connectivity index is 9.71. The second-order valence-corrected chi connectivity index (χ2v) is 17.1. The van der Waals surface area contributed by atoms with E-state index < -0.39 is 32.8 Å². The van der Waals surface area contributed by atoms with E-state index in [2.05, 4.69) is 142 Å². The summed E-state index contributed by atoms with van der Waals surface area (Å²) in [6.45, 7) is 31.9. The smallest absolute Gasteiger partial charge is 0.152 e. The van der Waals surface area contributed by atoms with E-state index in [4.69, 9.17) is 51.4 Å². The molecule has 0 atom stereocenters. The fraction of sp³-hybridized carbons (Fsp3) is 0.467. The molecule has 0 nitrogen and oxygen atoms in total.